The first-order valence-electron chi connectivity index (χ1n) is 7.15. The number of hydrogen-bond acceptors (Lipinski definition) is 3. The van der Waals surface area contributed by atoms with Gasteiger partial charge in [0.15, 0.2) is 11.6 Å². The molecule has 0 atom stereocenters. The quantitative estimate of drug-likeness (QED) is 0.840. The third-order valence-corrected chi connectivity index (χ3v) is 3.52. The average molecular weight is 308 g/mol. The minimum Gasteiger partial charge on any atom is -0.494 e. The number of hydrogen-bond donors (Lipinski definition) is 2. The van der Waals surface area contributed by atoms with E-state index in [9.17, 15) is 14.0 Å². The molecule has 0 spiro atoms. The van der Waals surface area contributed by atoms with Gasteiger partial charge in [0.1, 0.15) is 5.41 Å². The van der Waals surface area contributed by atoms with E-state index in [4.69, 9.17) is 4.74 Å². The lowest BCUT2D eigenvalue weighted by molar-refractivity contribution is -0.135. The molecule has 1 aliphatic carbocycles. The highest BCUT2D eigenvalue weighted by molar-refractivity contribution is 6.13. The molecule has 0 aromatic heterocycles. The Bertz CT molecular complexity index is 604. The first kappa shape index (κ1) is 16.3. The largest absolute Gasteiger partial charge is 0.494 e. The molecule has 1 aliphatic rings. The van der Waals surface area contributed by atoms with E-state index in [2.05, 4.69) is 10.6 Å². The minimum atomic E-state index is -1.02. The summed E-state index contributed by atoms with van der Waals surface area (Å²) in [5.41, 5.74) is -1.01. The van der Waals surface area contributed by atoms with Crippen molar-refractivity contribution in [3.8, 4) is 5.75 Å². The monoisotopic (exact) mass is 308 g/mol. The molecule has 1 aromatic rings. The third kappa shape index (κ3) is 3.37. The van der Waals surface area contributed by atoms with Crippen LogP contribution in [0.3, 0.4) is 0 Å². The first-order valence-corrected chi connectivity index (χ1v) is 7.15. The molecule has 0 heterocycles. The Morgan fingerprint density at radius 3 is 2.36 bits per heavy atom. The van der Waals surface area contributed by atoms with Crippen LogP contribution in [0.1, 0.15) is 33.6 Å². The van der Waals surface area contributed by atoms with Crippen LogP contribution in [0.2, 0.25) is 0 Å². The lowest BCUT2D eigenvalue weighted by Crippen LogP contribution is -2.48. The molecule has 120 valence electrons. The Morgan fingerprint density at radius 1 is 1.23 bits per heavy atom. The smallest absolute Gasteiger partial charge is 0.240 e. The van der Waals surface area contributed by atoms with Gasteiger partial charge in [0.05, 0.1) is 7.11 Å². The van der Waals surface area contributed by atoms with Crippen LogP contribution < -0.4 is 15.4 Å². The van der Waals surface area contributed by atoms with Crippen LogP contribution in [0.4, 0.5) is 10.1 Å². The summed E-state index contributed by atoms with van der Waals surface area (Å²) < 4.78 is 18.2. The zero-order valence-corrected chi connectivity index (χ0v) is 13.2. The summed E-state index contributed by atoms with van der Waals surface area (Å²) >= 11 is 0. The number of nitrogens with one attached hydrogen (secondary N) is 2. The second-order valence-corrected chi connectivity index (χ2v) is 6.59. The second-order valence-electron chi connectivity index (χ2n) is 6.59. The fraction of sp³-hybridized carbons (Fsp3) is 0.500. The van der Waals surface area contributed by atoms with Gasteiger partial charge in [0, 0.05) is 17.3 Å². The van der Waals surface area contributed by atoms with Crippen LogP contribution in [-0.2, 0) is 9.59 Å². The number of rotatable bonds is 4. The van der Waals surface area contributed by atoms with Gasteiger partial charge in [0.25, 0.3) is 0 Å². The van der Waals surface area contributed by atoms with E-state index in [-0.39, 0.29) is 17.6 Å². The number of carbonyl (C=O) groups excluding carboxylic acids is 2. The highest BCUT2D eigenvalue weighted by Crippen LogP contribution is 2.47. The van der Waals surface area contributed by atoms with Crippen molar-refractivity contribution in [2.24, 2.45) is 5.41 Å². The Kier molecular flexibility index (Phi) is 4.13. The summed E-state index contributed by atoms with van der Waals surface area (Å²) in [5.74, 6) is -1.11. The number of halogens is 1. The van der Waals surface area contributed by atoms with Crippen molar-refractivity contribution in [2.45, 2.75) is 39.2 Å². The second kappa shape index (κ2) is 5.59. The van der Waals surface area contributed by atoms with E-state index in [1.165, 1.54) is 25.3 Å². The lowest BCUT2D eigenvalue weighted by atomic mass is 10.0. The molecule has 2 N–H and O–H groups in total. The summed E-state index contributed by atoms with van der Waals surface area (Å²) in [6, 6.07) is 4.04. The molecule has 1 aromatic carbocycles. The Hall–Kier alpha value is -2.11. The Labute approximate surface area is 129 Å². The summed E-state index contributed by atoms with van der Waals surface area (Å²) in [7, 11) is 1.35. The number of carbonyl (C=O) groups is 2. The fourth-order valence-corrected chi connectivity index (χ4v) is 2.13. The van der Waals surface area contributed by atoms with E-state index in [1.54, 1.807) is 0 Å². The van der Waals surface area contributed by atoms with Gasteiger partial charge >= 0.3 is 0 Å². The molecular formula is C16H21FN2O3. The first-order chi connectivity index (χ1) is 10.2. The molecule has 2 amide bonds. The highest BCUT2D eigenvalue weighted by Gasteiger charge is 2.57. The fourth-order valence-electron chi connectivity index (χ4n) is 2.13. The molecular weight excluding hydrogens is 287 g/mol. The van der Waals surface area contributed by atoms with Crippen LogP contribution >= 0.6 is 0 Å². The normalized spacial score (nSPS) is 15.9. The maximum Gasteiger partial charge on any atom is 0.240 e. The zero-order chi connectivity index (χ0) is 16.5. The number of ether oxygens (including phenoxy) is 1. The van der Waals surface area contributed by atoms with E-state index >= 15 is 0 Å². The molecule has 0 radical (unpaired) electrons. The van der Waals surface area contributed by atoms with Crippen LogP contribution in [0.5, 0.6) is 5.75 Å². The molecule has 1 fully saturated rings. The molecule has 2 rings (SSSR count). The van der Waals surface area contributed by atoms with Gasteiger partial charge in [0.2, 0.25) is 11.8 Å². The molecule has 0 unspecified atom stereocenters. The topological polar surface area (TPSA) is 67.4 Å². The van der Waals surface area contributed by atoms with Crippen molar-refractivity contribution in [3.05, 3.63) is 24.0 Å². The van der Waals surface area contributed by atoms with Gasteiger partial charge in [-0.05, 0) is 45.7 Å². The Morgan fingerprint density at radius 2 is 1.86 bits per heavy atom. The van der Waals surface area contributed by atoms with Crippen LogP contribution in [-0.4, -0.2) is 24.5 Å². The zero-order valence-electron chi connectivity index (χ0n) is 13.2. The van der Waals surface area contributed by atoms with Crippen molar-refractivity contribution < 1.29 is 18.7 Å². The van der Waals surface area contributed by atoms with E-state index < -0.39 is 16.8 Å². The predicted octanol–water partition coefficient (Wildman–Crippen LogP) is 2.47. The summed E-state index contributed by atoms with van der Waals surface area (Å²) in [6.07, 6.45) is 1.03. The van der Waals surface area contributed by atoms with Crippen LogP contribution in [0.15, 0.2) is 18.2 Å². The molecule has 1 saturated carbocycles. The van der Waals surface area contributed by atoms with Crippen molar-refractivity contribution in [2.75, 3.05) is 12.4 Å². The van der Waals surface area contributed by atoms with Gasteiger partial charge in [-0.25, -0.2) is 4.39 Å². The molecule has 5 nitrogen and oxygen atoms in total. The van der Waals surface area contributed by atoms with Crippen molar-refractivity contribution >= 4 is 17.5 Å². The minimum absolute atomic E-state index is 0.0433. The molecule has 0 aliphatic heterocycles. The number of amides is 2. The summed E-state index contributed by atoms with van der Waals surface area (Å²) in [5, 5.41) is 5.50. The molecule has 0 saturated heterocycles. The van der Waals surface area contributed by atoms with Crippen molar-refractivity contribution in [1.29, 1.82) is 0 Å². The maximum absolute atomic E-state index is 13.4. The van der Waals surface area contributed by atoms with Crippen LogP contribution in [0.25, 0.3) is 0 Å². The maximum atomic E-state index is 13.4. The van der Waals surface area contributed by atoms with Crippen molar-refractivity contribution in [3.63, 3.8) is 0 Å². The Balaban J connectivity index is 2.10. The molecule has 0 bridgehead atoms. The molecule has 22 heavy (non-hydrogen) atoms. The van der Waals surface area contributed by atoms with Gasteiger partial charge < -0.3 is 15.4 Å². The van der Waals surface area contributed by atoms with Gasteiger partial charge in [-0.2, -0.15) is 0 Å². The van der Waals surface area contributed by atoms with Crippen LogP contribution in [0, 0.1) is 11.2 Å². The summed E-state index contributed by atoms with van der Waals surface area (Å²) in [6.45, 7) is 5.59. The summed E-state index contributed by atoms with van der Waals surface area (Å²) in [4.78, 5) is 24.7. The number of anilines is 1. The van der Waals surface area contributed by atoms with E-state index in [0.717, 1.165) is 0 Å². The number of benzene rings is 1. The van der Waals surface area contributed by atoms with Gasteiger partial charge in [-0.3, -0.25) is 9.59 Å². The van der Waals surface area contributed by atoms with E-state index in [0.29, 0.717) is 18.5 Å². The predicted molar refractivity (Wildman–Crippen MR) is 81.1 cm³/mol. The van der Waals surface area contributed by atoms with Gasteiger partial charge in [-0.1, -0.05) is 0 Å². The third-order valence-electron chi connectivity index (χ3n) is 3.52. The molecule has 6 heteroatoms. The van der Waals surface area contributed by atoms with Crippen molar-refractivity contribution in [1.82, 2.24) is 5.32 Å². The SMILES string of the molecule is COc1cc(NC(=O)C2(C(=O)NC(C)(C)C)CC2)ccc1F. The lowest BCUT2D eigenvalue weighted by Gasteiger charge is -2.24. The average Bonchev–Trinajstić information content (AvgIpc) is 3.20. The van der Waals surface area contributed by atoms with E-state index in [1.807, 2.05) is 20.8 Å². The standard InChI is InChI=1S/C16H21FN2O3/c1-15(2,3)19-14(21)16(7-8-16)13(20)18-10-5-6-11(17)12(9-10)22-4/h5-6,9H,7-8H2,1-4H3,(H,18,20)(H,19,21). The van der Waals surface area contributed by atoms with Gasteiger partial charge in [-0.15, -0.1) is 0 Å². The number of methoxy groups -OCH3 is 1. The highest BCUT2D eigenvalue weighted by atomic mass is 19.1.